The van der Waals surface area contributed by atoms with Crippen LogP contribution >= 0.6 is 22.9 Å². The Labute approximate surface area is 224 Å². The summed E-state index contributed by atoms with van der Waals surface area (Å²) in [5.74, 6) is 0.718. The number of anilines is 1. The second-order valence-corrected chi connectivity index (χ2v) is 13.1. The van der Waals surface area contributed by atoms with Crippen molar-refractivity contribution in [2.45, 2.75) is 24.1 Å². The van der Waals surface area contributed by atoms with Crippen LogP contribution in [0.3, 0.4) is 0 Å². The molecule has 0 saturated carbocycles. The summed E-state index contributed by atoms with van der Waals surface area (Å²) in [6.45, 7) is 10.3. The molecule has 0 aliphatic carbocycles. The Hall–Kier alpha value is -2.42. The highest BCUT2D eigenvalue weighted by Crippen LogP contribution is 2.41. The van der Waals surface area contributed by atoms with Gasteiger partial charge in [0.2, 0.25) is 5.06 Å². The molecule has 0 atom stereocenters. The first-order valence-corrected chi connectivity index (χ1v) is 15.5. The van der Waals surface area contributed by atoms with Crippen LogP contribution in [0.25, 0.3) is 6.08 Å². The number of nitrogens with zero attached hydrogens (tertiary/aromatic N) is 1. The Morgan fingerprint density at radius 1 is 1.19 bits per heavy atom. The lowest BCUT2D eigenvalue weighted by atomic mass is 9.99. The zero-order chi connectivity index (χ0) is 25.5. The van der Waals surface area contributed by atoms with Crippen LogP contribution in [0.5, 0.6) is 10.8 Å². The van der Waals surface area contributed by atoms with Gasteiger partial charge in [-0.2, -0.15) is 0 Å². The van der Waals surface area contributed by atoms with E-state index in [0.717, 1.165) is 55.2 Å². The SMILES string of the molecule is C=C/C=C\c1c(CC)cccc1CN[SH](C)(=O)c1cc(Cl)c(Oc2cccc(N3CCNCC3)c2)s1. The predicted octanol–water partition coefficient (Wildman–Crippen LogP) is 6.08. The van der Waals surface area contributed by atoms with Crippen LogP contribution in [-0.4, -0.2) is 36.6 Å². The third-order valence-electron chi connectivity index (χ3n) is 6.21. The lowest BCUT2D eigenvalue weighted by molar-refractivity contribution is 0.496. The van der Waals surface area contributed by atoms with Crippen molar-refractivity contribution >= 4 is 44.8 Å². The van der Waals surface area contributed by atoms with Crippen molar-refractivity contribution in [2.75, 3.05) is 37.3 Å². The van der Waals surface area contributed by atoms with Gasteiger partial charge in [0.1, 0.15) is 5.75 Å². The maximum atomic E-state index is 13.7. The lowest BCUT2D eigenvalue weighted by Crippen LogP contribution is -2.43. The zero-order valence-electron chi connectivity index (χ0n) is 20.8. The number of hydrogen-bond acceptors (Lipinski definition) is 5. The molecule has 2 aromatic carbocycles. The Morgan fingerprint density at radius 3 is 2.69 bits per heavy atom. The van der Waals surface area contributed by atoms with Crippen molar-refractivity contribution < 1.29 is 8.95 Å². The van der Waals surface area contributed by atoms with Gasteiger partial charge in [0.15, 0.2) is 0 Å². The van der Waals surface area contributed by atoms with E-state index in [1.807, 2.05) is 30.3 Å². The van der Waals surface area contributed by atoms with Crippen molar-refractivity contribution in [1.29, 1.82) is 0 Å². The van der Waals surface area contributed by atoms with Gasteiger partial charge in [-0.3, -0.25) is 8.93 Å². The average Bonchev–Trinajstić information content (AvgIpc) is 3.27. The van der Waals surface area contributed by atoms with Gasteiger partial charge in [-0.15, -0.1) is 0 Å². The van der Waals surface area contributed by atoms with Crippen LogP contribution in [0, 0.1) is 0 Å². The molecule has 36 heavy (non-hydrogen) atoms. The molecule has 0 spiro atoms. The van der Waals surface area contributed by atoms with Crippen LogP contribution in [-0.2, 0) is 23.1 Å². The molecule has 4 rings (SSSR count). The van der Waals surface area contributed by atoms with Crippen LogP contribution in [0.15, 0.2) is 71.5 Å². The van der Waals surface area contributed by atoms with Gasteiger partial charge >= 0.3 is 0 Å². The van der Waals surface area contributed by atoms with Crippen LogP contribution in [0.4, 0.5) is 5.69 Å². The zero-order valence-corrected chi connectivity index (χ0v) is 23.3. The highest BCUT2D eigenvalue weighted by Gasteiger charge is 2.20. The number of halogens is 1. The Kier molecular flexibility index (Phi) is 9.04. The average molecular weight is 544 g/mol. The molecule has 1 aromatic heterocycles. The normalized spacial score (nSPS) is 14.8. The second kappa shape index (κ2) is 12.2. The van der Waals surface area contributed by atoms with Gasteiger partial charge in [0, 0.05) is 50.7 Å². The minimum atomic E-state index is -2.88. The molecule has 1 aliphatic rings. The fourth-order valence-corrected chi connectivity index (χ4v) is 7.42. The molecule has 0 unspecified atom stereocenters. The largest absolute Gasteiger partial charge is 0.445 e. The summed E-state index contributed by atoms with van der Waals surface area (Å²) in [4.78, 5) is 2.33. The maximum Gasteiger partial charge on any atom is 0.200 e. The standard InChI is InChI=1S/C28H34ClN3O2S2/c1-4-6-13-25-21(5-2)9-7-10-22(25)20-31-36(3,33)27-19-26(29)28(35-27)34-24-12-8-11-23(18-24)32-16-14-30-15-17-32/h4,6-13,18-19,30,36H,1,5,14-17,20H2,2-3H3,(H,31,33)/b13-6-. The second-order valence-electron chi connectivity index (χ2n) is 8.75. The summed E-state index contributed by atoms with van der Waals surface area (Å²) < 4.78 is 23.8. The monoisotopic (exact) mass is 543 g/mol. The lowest BCUT2D eigenvalue weighted by Gasteiger charge is -2.29. The van der Waals surface area contributed by atoms with E-state index in [0.29, 0.717) is 20.8 Å². The first-order chi connectivity index (χ1) is 17.4. The molecular formula is C28H34ClN3O2S2. The van der Waals surface area contributed by atoms with E-state index >= 15 is 0 Å². The third-order valence-corrected chi connectivity index (χ3v) is 10.5. The molecule has 5 nitrogen and oxygen atoms in total. The van der Waals surface area contributed by atoms with Gasteiger partial charge in [-0.25, -0.2) is 0 Å². The molecule has 0 bridgehead atoms. The predicted molar refractivity (Wildman–Crippen MR) is 157 cm³/mol. The summed E-state index contributed by atoms with van der Waals surface area (Å²) in [7, 11) is -2.88. The fraction of sp³-hybridized carbons (Fsp3) is 0.286. The molecular weight excluding hydrogens is 510 g/mol. The molecule has 8 heteroatoms. The minimum Gasteiger partial charge on any atom is -0.445 e. The van der Waals surface area contributed by atoms with E-state index in [-0.39, 0.29) is 0 Å². The molecule has 1 fully saturated rings. The molecule has 0 amide bonds. The summed E-state index contributed by atoms with van der Waals surface area (Å²) >= 11 is 7.86. The number of hydrogen-bond donors (Lipinski definition) is 3. The summed E-state index contributed by atoms with van der Waals surface area (Å²) in [5.41, 5.74) is 4.61. The van der Waals surface area contributed by atoms with E-state index < -0.39 is 10.1 Å². The highest BCUT2D eigenvalue weighted by molar-refractivity contribution is 8.02. The molecule has 1 saturated heterocycles. The van der Waals surface area contributed by atoms with Crippen molar-refractivity contribution in [1.82, 2.24) is 10.0 Å². The van der Waals surface area contributed by atoms with Gasteiger partial charge in [0.25, 0.3) is 0 Å². The Balaban J connectivity index is 1.49. The Morgan fingerprint density at radius 2 is 1.94 bits per heavy atom. The minimum absolute atomic E-state index is 0.467. The molecule has 2 N–H and O–H groups in total. The van der Waals surface area contributed by atoms with E-state index in [2.05, 4.69) is 52.7 Å². The smallest absolute Gasteiger partial charge is 0.200 e. The van der Waals surface area contributed by atoms with Gasteiger partial charge in [-0.1, -0.05) is 78.9 Å². The number of ether oxygens (including phenoxy) is 1. The topological polar surface area (TPSA) is 53.6 Å². The number of benzene rings is 2. The summed E-state index contributed by atoms with van der Waals surface area (Å²) in [6.07, 6.45) is 8.43. The molecule has 0 radical (unpaired) electrons. The quantitative estimate of drug-likeness (QED) is 0.214. The molecule has 2 heterocycles. The number of thiol groups is 1. The van der Waals surface area contributed by atoms with E-state index in [9.17, 15) is 4.21 Å². The first kappa shape index (κ1) is 26.6. The maximum absolute atomic E-state index is 13.7. The van der Waals surface area contributed by atoms with E-state index in [1.165, 1.54) is 16.9 Å². The number of nitrogens with one attached hydrogen (secondary N) is 2. The number of rotatable bonds is 10. The summed E-state index contributed by atoms with van der Waals surface area (Å²) in [6, 6.07) is 16.0. The number of allylic oxidation sites excluding steroid dienone is 2. The number of thiophene rings is 1. The molecule has 192 valence electrons. The number of piperazine rings is 1. The van der Waals surface area contributed by atoms with Gasteiger partial charge in [0.05, 0.1) is 9.23 Å². The third kappa shape index (κ3) is 6.47. The first-order valence-electron chi connectivity index (χ1n) is 12.2. The van der Waals surface area contributed by atoms with Crippen LogP contribution in [0.2, 0.25) is 5.02 Å². The number of aryl methyl sites for hydroxylation is 1. The van der Waals surface area contributed by atoms with Crippen molar-refractivity contribution in [2.24, 2.45) is 0 Å². The van der Waals surface area contributed by atoms with Crippen LogP contribution < -0.4 is 19.7 Å². The molecule has 1 aliphatic heterocycles. The Bertz CT molecular complexity index is 1280. The van der Waals surface area contributed by atoms with Gasteiger partial charge in [-0.05, 0) is 51.4 Å². The van der Waals surface area contributed by atoms with E-state index in [4.69, 9.17) is 16.3 Å². The van der Waals surface area contributed by atoms with Crippen LogP contribution in [0.1, 0.15) is 23.6 Å². The van der Waals surface area contributed by atoms with Crippen molar-refractivity contribution in [3.8, 4) is 10.8 Å². The van der Waals surface area contributed by atoms with Gasteiger partial charge < -0.3 is 15.0 Å². The van der Waals surface area contributed by atoms with E-state index in [1.54, 1.807) is 18.4 Å². The highest BCUT2D eigenvalue weighted by atomic mass is 35.5. The van der Waals surface area contributed by atoms with Crippen molar-refractivity contribution in [3.05, 3.63) is 89.0 Å². The summed E-state index contributed by atoms with van der Waals surface area (Å²) in [5, 5.41) is 4.39. The van der Waals surface area contributed by atoms with Crippen molar-refractivity contribution in [3.63, 3.8) is 0 Å². The molecule has 3 aromatic rings. The fourth-order valence-electron chi connectivity index (χ4n) is 4.22.